The number of nitrogens with one attached hydrogen (secondary N) is 1. The van der Waals surface area contributed by atoms with Crippen LogP contribution in [0, 0.1) is 5.92 Å². The molecule has 18 heavy (non-hydrogen) atoms. The third kappa shape index (κ3) is 5.25. The van der Waals surface area contributed by atoms with Gasteiger partial charge in [-0.2, -0.15) is 0 Å². The first-order valence-electron chi connectivity index (χ1n) is 7.69. The van der Waals surface area contributed by atoms with Gasteiger partial charge in [-0.3, -0.25) is 4.90 Å². The molecule has 0 radical (unpaired) electrons. The van der Waals surface area contributed by atoms with Crippen LogP contribution in [0.15, 0.2) is 0 Å². The Kier molecular flexibility index (Phi) is 7.20. The molecule has 0 saturated carbocycles. The summed E-state index contributed by atoms with van der Waals surface area (Å²) in [6, 6.07) is 1.38. The summed E-state index contributed by atoms with van der Waals surface area (Å²) >= 11 is 0. The fourth-order valence-electron chi connectivity index (χ4n) is 2.90. The molecule has 0 amide bonds. The molecule has 1 rings (SSSR count). The molecule has 1 fully saturated rings. The first-order chi connectivity index (χ1) is 8.54. The summed E-state index contributed by atoms with van der Waals surface area (Å²) in [6.07, 6.45) is 2.57. The van der Waals surface area contributed by atoms with Gasteiger partial charge in [0.25, 0.3) is 0 Å². The number of hydrogen-bond acceptors (Lipinski definition) is 3. The fourth-order valence-corrected chi connectivity index (χ4v) is 2.90. The van der Waals surface area contributed by atoms with Crippen molar-refractivity contribution in [3.63, 3.8) is 0 Å². The molecule has 1 saturated heterocycles. The van der Waals surface area contributed by atoms with Crippen LogP contribution in [0.25, 0.3) is 0 Å². The summed E-state index contributed by atoms with van der Waals surface area (Å²) in [5, 5.41) is 3.60. The molecule has 3 heteroatoms. The lowest BCUT2D eigenvalue weighted by molar-refractivity contribution is 0.134. The Morgan fingerprint density at radius 3 is 2.50 bits per heavy atom. The zero-order chi connectivity index (χ0) is 13.5. The molecular weight excluding hydrogens is 222 g/mol. The molecule has 0 bridgehead atoms. The van der Waals surface area contributed by atoms with Gasteiger partial charge in [-0.1, -0.05) is 20.8 Å². The molecule has 0 aromatic heterocycles. The number of nitrogens with zero attached hydrogens (tertiary/aromatic N) is 2. The van der Waals surface area contributed by atoms with Crippen LogP contribution in [0.5, 0.6) is 0 Å². The third-order valence-electron chi connectivity index (χ3n) is 3.98. The molecule has 2 atom stereocenters. The maximum Gasteiger partial charge on any atom is 0.0223 e. The molecule has 1 heterocycles. The van der Waals surface area contributed by atoms with Crippen molar-refractivity contribution < 1.29 is 0 Å². The van der Waals surface area contributed by atoms with Crippen LogP contribution in [-0.2, 0) is 0 Å². The van der Waals surface area contributed by atoms with Gasteiger partial charge in [-0.05, 0) is 45.8 Å². The van der Waals surface area contributed by atoms with E-state index < -0.39 is 0 Å². The molecular formula is C15H33N3. The topological polar surface area (TPSA) is 18.5 Å². The highest BCUT2D eigenvalue weighted by Crippen LogP contribution is 2.15. The van der Waals surface area contributed by atoms with E-state index in [2.05, 4.69) is 49.9 Å². The minimum Gasteiger partial charge on any atom is -0.315 e. The molecule has 1 aliphatic heterocycles. The van der Waals surface area contributed by atoms with Crippen molar-refractivity contribution in [3.05, 3.63) is 0 Å². The van der Waals surface area contributed by atoms with E-state index in [1.807, 2.05) is 0 Å². The van der Waals surface area contributed by atoms with Gasteiger partial charge in [0.1, 0.15) is 0 Å². The van der Waals surface area contributed by atoms with E-state index in [9.17, 15) is 0 Å². The fraction of sp³-hybridized carbons (Fsp3) is 1.00. The first-order valence-corrected chi connectivity index (χ1v) is 7.69. The molecule has 0 aromatic rings. The Balaban J connectivity index is 2.44. The van der Waals surface area contributed by atoms with Gasteiger partial charge in [-0.25, -0.2) is 0 Å². The highest BCUT2D eigenvalue weighted by atomic mass is 15.3. The van der Waals surface area contributed by atoms with E-state index in [-0.39, 0.29) is 0 Å². The van der Waals surface area contributed by atoms with E-state index in [1.165, 1.54) is 32.5 Å². The Labute approximate surface area is 114 Å². The summed E-state index contributed by atoms with van der Waals surface area (Å²) in [6.45, 7) is 15.2. The van der Waals surface area contributed by atoms with E-state index >= 15 is 0 Å². The highest BCUT2D eigenvalue weighted by Gasteiger charge is 2.25. The van der Waals surface area contributed by atoms with Gasteiger partial charge >= 0.3 is 0 Å². The summed E-state index contributed by atoms with van der Waals surface area (Å²) in [7, 11) is 2.26. The molecule has 0 aromatic carbocycles. The average Bonchev–Trinajstić information content (AvgIpc) is 2.49. The van der Waals surface area contributed by atoms with Crippen LogP contribution in [0.4, 0.5) is 0 Å². The van der Waals surface area contributed by atoms with Crippen LogP contribution in [0.1, 0.15) is 40.5 Å². The van der Waals surface area contributed by atoms with Gasteiger partial charge in [0.05, 0.1) is 0 Å². The normalized spacial score (nSPS) is 25.3. The number of likely N-dealkylation sites (N-methyl/N-ethyl adjacent to an activating group) is 1. The first kappa shape index (κ1) is 15.9. The Bertz CT molecular complexity index is 218. The second kappa shape index (κ2) is 8.13. The average molecular weight is 255 g/mol. The van der Waals surface area contributed by atoms with E-state index in [0.29, 0.717) is 6.04 Å². The third-order valence-corrected chi connectivity index (χ3v) is 3.98. The number of hydrogen-bond donors (Lipinski definition) is 1. The van der Waals surface area contributed by atoms with Crippen molar-refractivity contribution in [2.24, 2.45) is 5.92 Å². The largest absolute Gasteiger partial charge is 0.315 e. The van der Waals surface area contributed by atoms with Crippen LogP contribution >= 0.6 is 0 Å². The molecule has 0 aliphatic carbocycles. The van der Waals surface area contributed by atoms with Gasteiger partial charge in [0, 0.05) is 31.7 Å². The van der Waals surface area contributed by atoms with Crippen molar-refractivity contribution in [1.82, 2.24) is 15.1 Å². The smallest absolute Gasteiger partial charge is 0.0223 e. The minimum atomic E-state index is 0.653. The monoisotopic (exact) mass is 255 g/mol. The molecule has 3 nitrogen and oxygen atoms in total. The lowest BCUT2D eigenvalue weighted by atomic mass is 10.1. The summed E-state index contributed by atoms with van der Waals surface area (Å²) in [5.74, 6) is 0.745. The maximum absolute atomic E-state index is 3.60. The lowest BCUT2D eigenvalue weighted by Crippen LogP contribution is -2.48. The summed E-state index contributed by atoms with van der Waals surface area (Å²) < 4.78 is 0. The standard InChI is InChI=1S/C15H33N3/c1-6-15-12-17(5)8-7-9-18(15)14(4)11-16-10-13(2)3/h13-16H,6-12H2,1-5H3. The minimum absolute atomic E-state index is 0.653. The Hall–Kier alpha value is -0.120. The van der Waals surface area contributed by atoms with E-state index in [4.69, 9.17) is 0 Å². The van der Waals surface area contributed by atoms with Crippen molar-refractivity contribution in [3.8, 4) is 0 Å². The Morgan fingerprint density at radius 2 is 1.89 bits per heavy atom. The van der Waals surface area contributed by atoms with Gasteiger partial charge in [0.15, 0.2) is 0 Å². The van der Waals surface area contributed by atoms with Gasteiger partial charge in [-0.15, -0.1) is 0 Å². The Morgan fingerprint density at radius 1 is 1.17 bits per heavy atom. The molecule has 2 unspecified atom stereocenters. The SMILES string of the molecule is CCC1CN(C)CCCN1C(C)CNCC(C)C. The van der Waals surface area contributed by atoms with Crippen molar-refractivity contribution >= 4 is 0 Å². The number of rotatable bonds is 6. The highest BCUT2D eigenvalue weighted by molar-refractivity contribution is 4.82. The molecule has 1 N–H and O–H groups in total. The van der Waals surface area contributed by atoms with Crippen LogP contribution in [0.2, 0.25) is 0 Å². The van der Waals surface area contributed by atoms with Crippen molar-refractivity contribution in [2.75, 3.05) is 39.8 Å². The second-order valence-corrected chi connectivity index (χ2v) is 6.32. The quantitative estimate of drug-likeness (QED) is 0.783. The summed E-state index contributed by atoms with van der Waals surface area (Å²) in [4.78, 5) is 5.21. The maximum atomic E-state index is 3.60. The molecule has 1 aliphatic rings. The van der Waals surface area contributed by atoms with Crippen molar-refractivity contribution in [1.29, 1.82) is 0 Å². The predicted molar refractivity (Wildman–Crippen MR) is 80.1 cm³/mol. The molecule has 0 spiro atoms. The summed E-state index contributed by atoms with van der Waals surface area (Å²) in [5.41, 5.74) is 0. The van der Waals surface area contributed by atoms with Crippen molar-refractivity contribution in [2.45, 2.75) is 52.6 Å². The van der Waals surface area contributed by atoms with Crippen LogP contribution < -0.4 is 5.32 Å². The predicted octanol–water partition coefficient (Wildman–Crippen LogP) is 2.04. The lowest BCUT2D eigenvalue weighted by Gasteiger charge is -2.35. The van der Waals surface area contributed by atoms with Gasteiger partial charge in [0.2, 0.25) is 0 Å². The van der Waals surface area contributed by atoms with E-state index in [0.717, 1.165) is 25.0 Å². The zero-order valence-corrected chi connectivity index (χ0v) is 13.1. The molecule has 108 valence electrons. The van der Waals surface area contributed by atoms with Crippen LogP contribution in [-0.4, -0.2) is 61.7 Å². The second-order valence-electron chi connectivity index (χ2n) is 6.32. The van der Waals surface area contributed by atoms with Crippen LogP contribution in [0.3, 0.4) is 0 Å². The zero-order valence-electron chi connectivity index (χ0n) is 13.1. The van der Waals surface area contributed by atoms with Gasteiger partial charge < -0.3 is 10.2 Å². The van der Waals surface area contributed by atoms with E-state index in [1.54, 1.807) is 0 Å².